The van der Waals surface area contributed by atoms with Gasteiger partial charge in [0.05, 0.1) is 0 Å². The van der Waals surface area contributed by atoms with Crippen molar-refractivity contribution in [2.24, 2.45) is 0 Å². The summed E-state index contributed by atoms with van der Waals surface area (Å²) in [5.41, 5.74) is 0. The van der Waals surface area contributed by atoms with Gasteiger partial charge in [-0.2, -0.15) is 0 Å². The Labute approximate surface area is 73.2 Å². The Bertz CT molecular complexity index is 192. The smallest absolute Gasteiger partial charge is 0.330 e. The Morgan fingerprint density at radius 1 is 1.58 bits per heavy atom. The molecule has 0 heterocycles. The highest BCUT2D eigenvalue weighted by atomic mass is 16.5. The van der Waals surface area contributed by atoms with Crippen LogP contribution in [-0.4, -0.2) is 12.1 Å². The summed E-state index contributed by atoms with van der Waals surface area (Å²) in [4.78, 5) is 10.7. The summed E-state index contributed by atoms with van der Waals surface area (Å²) in [6.45, 7) is 8.65. The Morgan fingerprint density at radius 2 is 2.25 bits per heavy atom. The lowest BCUT2D eigenvalue weighted by molar-refractivity contribution is -0.141. The molecule has 0 N–H and O–H groups in total. The summed E-state index contributed by atoms with van der Waals surface area (Å²) in [6.07, 6.45) is 7.15. The van der Waals surface area contributed by atoms with Crippen LogP contribution < -0.4 is 0 Å². The maximum Gasteiger partial charge on any atom is 0.330 e. The van der Waals surface area contributed by atoms with Crippen LogP contribution >= 0.6 is 0 Å². The maximum atomic E-state index is 10.7. The van der Waals surface area contributed by atoms with Crippen molar-refractivity contribution in [1.29, 1.82) is 0 Å². The molecule has 0 rings (SSSR count). The highest BCUT2D eigenvalue weighted by Crippen LogP contribution is 1.99. The first-order valence-electron chi connectivity index (χ1n) is 3.81. The molecule has 0 aliphatic heterocycles. The average molecular weight is 166 g/mol. The molecule has 0 spiro atoms. The molecule has 0 saturated heterocycles. The van der Waals surface area contributed by atoms with Gasteiger partial charge in [-0.05, 0) is 6.92 Å². The van der Waals surface area contributed by atoms with E-state index >= 15 is 0 Å². The zero-order chi connectivity index (χ0) is 9.40. The number of rotatable bonds is 5. The quantitative estimate of drug-likeness (QED) is 0.355. The molecule has 0 fully saturated rings. The molecule has 0 amide bonds. The van der Waals surface area contributed by atoms with E-state index < -0.39 is 0 Å². The highest BCUT2D eigenvalue weighted by molar-refractivity contribution is 5.81. The number of ether oxygens (including phenoxy) is 1. The Balaban J connectivity index is 3.65. The first-order valence-corrected chi connectivity index (χ1v) is 3.81. The Hall–Kier alpha value is -1.31. The number of esters is 1. The predicted molar refractivity (Wildman–Crippen MR) is 49.7 cm³/mol. The van der Waals surface area contributed by atoms with Crippen molar-refractivity contribution in [2.75, 3.05) is 0 Å². The number of hydrogen-bond acceptors (Lipinski definition) is 2. The van der Waals surface area contributed by atoms with E-state index in [9.17, 15) is 4.79 Å². The van der Waals surface area contributed by atoms with Crippen molar-refractivity contribution in [2.45, 2.75) is 19.4 Å². The zero-order valence-electron chi connectivity index (χ0n) is 7.32. The van der Waals surface area contributed by atoms with Crippen molar-refractivity contribution < 1.29 is 9.53 Å². The predicted octanol–water partition coefficient (Wildman–Crippen LogP) is 2.24. The standard InChI is InChI=1S/C10H14O2/c1-4-6-7-8-9(3)12-10(11)5-2/h4-7,9H,1-2,8H2,3H3/b7-6+. The summed E-state index contributed by atoms with van der Waals surface area (Å²) in [5.74, 6) is -0.380. The van der Waals surface area contributed by atoms with Crippen LogP contribution in [0.15, 0.2) is 37.5 Å². The van der Waals surface area contributed by atoms with Crippen LogP contribution in [0.4, 0.5) is 0 Å². The van der Waals surface area contributed by atoms with Gasteiger partial charge in [-0.15, -0.1) is 0 Å². The summed E-state index contributed by atoms with van der Waals surface area (Å²) in [6, 6.07) is 0. The molecule has 1 unspecified atom stereocenters. The van der Waals surface area contributed by atoms with E-state index in [0.29, 0.717) is 6.42 Å². The number of carbonyl (C=O) groups is 1. The Kier molecular flexibility index (Phi) is 5.70. The molecule has 1 atom stereocenters. The van der Waals surface area contributed by atoms with Gasteiger partial charge in [-0.1, -0.05) is 31.4 Å². The fourth-order valence-electron chi connectivity index (χ4n) is 0.661. The van der Waals surface area contributed by atoms with Crippen molar-refractivity contribution in [3.63, 3.8) is 0 Å². The van der Waals surface area contributed by atoms with Crippen molar-refractivity contribution in [1.82, 2.24) is 0 Å². The monoisotopic (exact) mass is 166 g/mol. The van der Waals surface area contributed by atoms with Crippen LogP contribution in [-0.2, 0) is 9.53 Å². The Morgan fingerprint density at radius 3 is 2.75 bits per heavy atom. The fourth-order valence-corrected chi connectivity index (χ4v) is 0.661. The third-order valence-corrected chi connectivity index (χ3v) is 1.22. The minimum absolute atomic E-state index is 0.105. The van der Waals surface area contributed by atoms with E-state index in [4.69, 9.17) is 4.74 Å². The van der Waals surface area contributed by atoms with Crippen LogP contribution in [0.3, 0.4) is 0 Å². The normalized spacial score (nSPS) is 12.4. The first kappa shape index (κ1) is 10.7. The zero-order valence-corrected chi connectivity index (χ0v) is 7.32. The third-order valence-electron chi connectivity index (χ3n) is 1.22. The summed E-state index contributed by atoms with van der Waals surface area (Å²) >= 11 is 0. The van der Waals surface area contributed by atoms with Gasteiger partial charge >= 0.3 is 5.97 Å². The van der Waals surface area contributed by atoms with Gasteiger partial charge in [0.15, 0.2) is 0 Å². The van der Waals surface area contributed by atoms with Crippen molar-refractivity contribution in [3.05, 3.63) is 37.5 Å². The van der Waals surface area contributed by atoms with Crippen LogP contribution in [0.5, 0.6) is 0 Å². The molecule has 0 bridgehead atoms. The van der Waals surface area contributed by atoms with Crippen LogP contribution in [0, 0.1) is 0 Å². The molecule has 66 valence electrons. The minimum atomic E-state index is -0.380. The maximum absolute atomic E-state index is 10.7. The van der Waals surface area contributed by atoms with Crippen LogP contribution in [0.25, 0.3) is 0 Å². The van der Waals surface area contributed by atoms with E-state index in [1.807, 2.05) is 19.1 Å². The second-order valence-corrected chi connectivity index (χ2v) is 2.35. The largest absolute Gasteiger partial charge is 0.459 e. The topological polar surface area (TPSA) is 26.3 Å². The lowest BCUT2D eigenvalue weighted by atomic mass is 10.2. The second-order valence-electron chi connectivity index (χ2n) is 2.35. The first-order chi connectivity index (χ1) is 5.70. The highest BCUT2D eigenvalue weighted by Gasteiger charge is 2.02. The minimum Gasteiger partial charge on any atom is -0.459 e. The molecule has 2 nitrogen and oxygen atoms in total. The lowest BCUT2D eigenvalue weighted by Gasteiger charge is -2.08. The van der Waals surface area contributed by atoms with Gasteiger partial charge in [-0.3, -0.25) is 0 Å². The molecule has 0 aliphatic carbocycles. The lowest BCUT2D eigenvalue weighted by Crippen LogP contribution is -2.11. The van der Waals surface area contributed by atoms with Crippen molar-refractivity contribution >= 4 is 5.97 Å². The van der Waals surface area contributed by atoms with Gasteiger partial charge in [0.2, 0.25) is 0 Å². The van der Waals surface area contributed by atoms with Gasteiger partial charge in [0.1, 0.15) is 6.10 Å². The van der Waals surface area contributed by atoms with Gasteiger partial charge in [0, 0.05) is 12.5 Å². The SMILES string of the molecule is C=C/C=C/CC(C)OC(=O)C=C. The van der Waals surface area contributed by atoms with Gasteiger partial charge in [0.25, 0.3) is 0 Å². The fraction of sp³-hybridized carbons (Fsp3) is 0.300. The third kappa shape index (κ3) is 5.47. The van der Waals surface area contributed by atoms with Gasteiger partial charge < -0.3 is 4.74 Å². The molecule has 0 aromatic heterocycles. The molecule has 0 aromatic carbocycles. The molecule has 0 radical (unpaired) electrons. The van der Waals surface area contributed by atoms with E-state index in [1.165, 1.54) is 0 Å². The molecule has 0 aliphatic rings. The molecule has 0 aromatic rings. The summed E-state index contributed by atoms with van der Waals surface area (Å²) in [7, 11) is 0. The summed E-state index contributed by atoms with van der Waals surface area (Å²) < 4.78 is 4.90. The van der Waals surface area contributed by atoms with Gasteiger partial charge in [-0.25, -0.2) is 4.79 Å². The summed E-state index contributed by atoms with van der Waals surface area (Å²) in [5, 5.41) is 0. The molecule has 0 saturated carbocycles. The van der Waals surface area contributed by atoms with E-state index in [1.54, 1.807) is 6.08 Å². The molecule has 12 heavy (non-hydrogen) atoms. The molecular weight excluding hydrogens is 152 g/mol. The number of hydrogen-bond donors (Lipinski definition) is 0. The van der Waals surface area contributed by atoms with E-state index in [0.717, 1.165) is 6.08 Å². The van der Waals surface area contributed by atoms with Crippen LogP contribution in [0.1, 0.15) is 13.3 Å². The molecular formula is C10H14O2. The molecule has 2 heteroatoms. The van der Waals surface area contributed by atoms with E-state index in [2.05, 4.69) is 13.2 Å². The number of allylic oxidation sites excluding steroid dienone is 2. The van der Waals surface area contributed by atoms with E-state index in [-0.39, 0.29) is 12.1 Å². The number of carbonyl (C=O) groups excluding carboxylic acids is 1. The van der Waals surface area contributed by atoms with Crippen molar-refractivity contribution in [3.8, 4) is 0 Å². The van der Waals surface area contributed by atoms with Crippen LogP contribution in [0.2, 0.25) is 0 Å². The second kappa shape index (κ2) is 6.40. The average Bonchev–Trinajstić information content (AvgIpc) is 2.05.